The lowest BCUT2D eigenvalue weighted by Gasteiger charge is -2.38. The van der Waals surface area contributed by atoms with Gasteiger partial charge in [0.05, 0.1) is 18.3 Å². The maximum Gasteiger partial charge on any atom is 0.325 e. The van der Waals surface area contributed by atoms with Crippen LogP contribution >= 0.6 is 0 Å². The van der Waals surface area contributed by atoms with Crippen LogP contribution in [-0.4, -0.2) is 65.6 Å². The Kier molecular flexibility index (Phi) is 9.08. The highest BCUT2D eigenvalue weighted by molar-refractivity contribution is 5.76. The molecular weight excluding hydrogens is 509 g/mol. The van der Waals surface area contributed by atoms with Crippen molar-refractivity contribution >= 4 is 11.8 Å². The molecule has 0 radical (unpaired) electrons. The van der Waals surface area contributed by atoms with E-state index in [-0.39, 0.29) is 12.0 Å². The second kappa shape index (κ2) is 12.5. The average Bonchev–Trinajstić information content (AvgIpc) is 3.44. The molecule has 1 aromatic heterocycles. The molecule has 0 bridgehead atoms. The number of aromatic nitrogens is 1. The number of benzene rings is 1. The Labute approximate surface area is 237 Å². The minimum Gasteiger partial charge on any atom is -0.480 e. The molecule has 4 heterocycles. The lowest BCUT2D eigenvalue weighted by Crippen LogP contribution is -2.44. The van der Waals surface area contributed by atoms with E-state index in [9.17, 15) is 9.90 Å². The molecule has 3 aliphatic rings. The number of hydrogen-bond donors (Lipinski definition) is 2. The number of carboxylic acids is 1. The number of carboxylic acid groups (broad SMARTS) is 1. The van der Waals surface area contributed by atoms with Crippen LogP contribution < -0.4 is 5.32 Å². The number of nitrogens with one attached hydrogen (secondary N) is 1. The first kappa shape index (κ1) is 29.0. The molecule has 0 saturated carbocycles. The molecule has 1 unspecified atom stereocenters. The van der Waals surface area contributed by atoms with Gasteiger partial charge in [0, 0.05) is 38.2 Å². The SMILES string of the molecule is COC(C)(C)[C@@H]1Cc2c(cccc2C(C(=O)O)N2CC[C@@H]([C@@H](F)CCCCc3ccc4c(n3)NCCC4)C2)CO1. The predicted molar refractivity (Wildman–Crippen MR) is 153 cm³/mol. The second-order valence-electron chi connectivity index (χ2n) is 12.2. The normalized spacial score (nSPS) is 22.7. The number of hydrogen-bond acceptors (Lipinski definition) is 6. The van der Waals surface area contributed by atoms with Gasteiger partial charge >= 0.3 is 5.97 Å². The van der Waals surface area contributed by atoms with Crippen molar-refractivity contribution in [1.29, 1.82) is 0 Å². The summed E-state index contributed by atoms with van der Waals surface area (Å²) < 4.78 is 27.1. The molecule has 4 atom stereocenters. The third kappa shape index (κ3) is 6.34. The van der Waals surface area contributed by atoms with Crippen molar-refractivity contribution in [2.45, 2.75) is 95.7 Å². The molecular formula is C32H44FN3O4. The lowest BCUT2D eigenvalue weighted by atomic mass is 9.85. The summed E-state index contributed by atoms with van der Waals surface area (Å²) in [6.45, 7) is 6.44. The molecule has 218 valence electrons. The third-order valence-corrected chi connectivity index (χ3v) is 9.22. The largest absolute Gasteiger partial charge is 0.480 e. The summed E-state index contributed by atoms with van der Waals surface area (Å²) in [5, 5.41) is 13.7. The summed E-state index contributed by atoms with van der Waals surface area (Å²) in [6, 6.07) is 9.32. The highest BCUT2D eigenvalue weighted by Crippen LogP contribution is 2.37. The van der Waals surface area contributed by atoms with E-state index in [4.69, 9.17) is 14.5 Å². The van der Waals surface area contributed by atoms with Gasteiger partial charge in [-0.05, 0) is 87.2 Å². The van der Waals surface area contributed by atoms with E-state index in [1.807, 2.05) is 36.9 Å². The minimum absolute atomic E-state index is 0.143. The number of rotatable bonds is 11. The van der Waals surface area contributed by atoms with E-state index >= 15 is 4.39 Å². The molecule has 2 N–H and O–H groups in total. The number of aryl methyl sites for hydroxylation is 2. The third-order valence-electron chi connectivity index (χ3n) is 9.22. The van der Waals surface area contributed by atoms with Crippen molar-refractivity contribution in [3.63, 3.8) is 0 Å². The van der Waals surface area contributed by atoms with Crippen LogP contribution in [0.4, 0.5) is 10.2 Å². The zero-order valence-corrected chi connectivity index (χ0v) is 24.1. The molecule has 0 spiro atoms. The Balaban J connectivity index is 1.18. The van der Waals surface area contributed by atoms with Gasteiger partial charge in [-0.2, -0.15) is 0 Å². The fourth-order valence-electron chi connectivity index (χ4n) is 6.53. The maximum absolute atomic E-state index is 15.4. The van der Waals surface area contributed by atoms with Crippen LogP contribution in [0.5, 0.6) is 0 Å². The molecule has 8 heteroatoms. The molecule has 1 fully saturated rings. The molecule has 0 aliphatic carbocycles. The molecule has 0 amide bonds. The number of likely N-dealkylation sites (tertiary alicyclic amines) is 1. The zero-order valence-electron chi connectivity index (χ0n) is 24.1. The zero-order chi connectivity index (χ0) is 28.3. The summed E-state index contributed by atoms with van der Waals surface area (Å²) >= 11 is 0. The van der Waals surface area contributed by atoms with E-state index in [0.717, 1.165) is 66.9 Å². The number of fused-ring (bicyclic) bond motifs is 2. The van der Waals surface area contributed by atoms with Crippen molar-refractivity contribution < 1.29 is 23.8 Å². The smallest absolute Gasteiger partial charge is 0.325 e. The molecule has 7 nitrogen and oxygen atoms in total. The number of methoxy groups -OCH3 is 1. The number of unbranched alkanes of at least 4 members (excludes halogenated alkanes) is 1. The summed E-state index contributed by atoms with van der Waals surface area (Å²) in [5.41, 5.74) is 4.71. The van der Waals surface area contributed by atoms with Crippen molar-refractivity contribution in [2.75, 3.05) is 32.1 Å². The van der Waals surface area contributed by atoms with Gasteiger partial charge < -0.3 is 19.9 Å². The van der Waals surface area contributed by atoms with Gasteiger partial charge in [-0.1, -0.05) is 30.7 Å². The first-order chi connectivity index (χ1) is 19.3. The summed E-state index contributed by atoms with van der Waals surface area (Å²) in [7, 11) is 1.67. The summed E-state index contributed by atoms with van der Waals surface area (Å²) in [4.78, 5) is 19.3. The number of nitrogens with zero attached hydrogens (tertiary/aromatic N) is 2. The van der Waals surface area contributed by atoms with Gasteiger partial charge in [-0.15, -0.1) is 0 Å². The highest BCUT2D eigenvalue weighted by Gasteiger charge is 2.40. The van der Waals surface area contributed by atoms with Crippen molar-refractivity contribution in [2.24, 2.45) is 5.92 Å². The van der Waals surface area contributed by atoms with Gasteiger partial charge in [-0.25, -0.2) is 9.37 Å². The lowest BCUT2D eigenvalue weighted by molar-refractivity contribution is -0.143. The van der Waals surface area contributed by atoms with Gasteiger partial charge in [0.1, 0.15) is 18.0 Å². The molecule has 40 heavy (non-hydrogen) atoms. The Morgan fingerprint density at radius 2 is 2.12 bits per heavy atom. The standard InChI is InChI=1S/C32H44FN3O4/c1-32(2,39-3)28-18-26-23(20-40-28)8-6-11-25(26)29(31(37)38)36-17-15-22(19-36)27(33)12-5-4-10-24-14-13-21-9-7-16-34-30(21)35-24/h6,8,11,13-14,22,27-29H,4-5,7,9-10,12,15-20H2,1-3H3,(H,34,35)(H,37,38)/t22-,27+,28+,29?/m1/s1. The number of alkyl halides is 1. The van der Waals surface area contributed by atoms with Crippen molar-refractivity contribution in [3.8, 4) is 0 Å². The Hall–Kier alpha value is -2.55. The quantitative estimate of drug-likeness (QED) is 0.355. The first-order valence-electron chi connectivity index (χ1n) is 14.9. The van der Waals surface area contributed by atoms with Crippen molar-refractivity contribution in [1.82, 2.24) is 9.88 Å². The number of ether oxygens (including phenoxy) is 2. The van der Waals surface area contributed by atoms with E-state index in [0.29, 0.717) is 39.0 Å². The number of aliphatic carboxylic acids is 1. The molecule has 5 rings (SSSR count). The summed E-state index contributed by atoms with van der Waals surface area (Å²) in [6.07, 6.45) is 5.45. The van der Waals surface area contributed by atoms with Gasteiger partial charge in [0.25, 0.3) is 0 Å². The van der Waals surface area contributed by atoms with Crippen LogP contribution in [0.15, 0.2) is 30.3 Å². The second-order valence-corrected chi connectivity index (χ2v) is 12.2. The van der Waals surface area contributed by atoms with Crippen LogP contribution in [0.2, 0.25) is 0 Å². The Morgan fingerprint density at radius 3 is 2.92 bits per heavy atom. The van der Waals surface area contributed by atoms with Gasteiger partial charge in [0.15, 0.2) is 0 Å². The topological polar surface area (TPSA) is 83.9 Å². The monoisotopic (exact) mass is 553 g/mol. The highest BCUT2D eigenvalue weighted by atomic mass is 19.1. The number of carbonyl (C=O) groups is 1. The van der Waals surface area contributed by atoms with Gasteiger partial charge in [0.2, 0.25) is 0 Å². The van der Waals surface area contributed by atoms with Crippen LogP contribution in [-0.2, 0) is 40.1 Å². The fourth-order valence-corrected chi connectivity index (χ4v) is 6.53. The van der Waals surface area contributed by atoms with Crippen LogP contribution in [0.25, 0.3) is 0 Å². The van der Waals surface area contributed by atoms with Crippen LogP contribution in [0.1, 0.15) is 79.9 Å². The molecule has 1 saturated heterocycles. The van der Waals surface area contributed by atoms with E-state index in [2.05, 4.69) is 17.4 Å². The molecule has 3 aliphatic heterocycles. The molecule has 1 aromatic carbocycles. The minimum atomic E-state index is -0.928. The first-order valence-corrected chi connectivity index (χ1v) is 14.9. The molecule has 2 aromatic rings. The van der Waals surface area contributed by atoms with Crippen LogP contribution in [0.3, 0.4) is 0 Å². The van der Waals surface area contributed by atoms with Crippen LogP contribution in [0, 0.1) is 5.92 Å². The summed E-state index contributed by atoms with van der Waals surface area (Å²) in [5.74, 6) is -0.0159. The number of pyridine rings is 1. The number of anilines is 1. The number of halogens is 1. The van der Waals surface area contributed by atoms with E-state index in [1.165, 1.54) is 5.56 Å². The van der Waals surface area contributed by atoms with E-state index < -0.39 is 23.8 Å². The van der Waals surface area contributed by atoms with Crippen molar-refractivity contribution in [3.05, 3.63) is 58.3 Å². The van der Waals surface area contributed by atoms with E-state index in [1.54, 1.807) is 7.11 Å². The Bertz CT molecular complexity index is 1190. The Morgan fingerprint density at radius 1 is 1.27 bits per heavy atom. The maximum atomic E-state index is 15.4. The predicted octanol–water partition coefficient (Wildman–Crippen LogP) is 5.50. The van der Waals surface area contributed by atoms with Gasteiger partial charge in [-0.3, -0.25) is 9.69 Å². The fraction of sp³-hybridized carbons (Fsp3) is 0.625. The average molecular weight is 554 g/mol.